The van der Waals surface area contributed by atoms with Crippen molar-refractivity contribution in [2.75, 3.05) is 12.4 Å². The van der Waals surface area contributed by atoms with Gasteiger partial charge in [-0.25, -0.2) is 4.98 Å². The number of aromatic nitrogens is 2. The summed E-state index contributed by atoms with van der Waals surface area (Å²) in [4.78, 5) is 19.8. The van der Waals surface area contributed by atoms with E-state index in [1.165, 1.54) is 13.2 Å². The van der Waals surface area contributed by atoms with Gasteiger partial charge in [-0.3, -0.25) is 4.79 Å². The van der Waals surface area contributed by atoms with Gasteiger partial charge in [0.05, 0.1) is 12.1 Å². The summed E-state index contributed by atoms with van der Waals surface area (Å²) in [5.74, 6) is -0.0139. The van der Waals surface area contributed by atoms with Gasteiger partial charge in [0.2, 0.25) is 5.28 Å². The summed E-state index contributed by atoms with van der Waals surface area (Å²) < 4.78 is 0. The standard InChI is InChI=1S/C15H15ClN4O2/c1-17-14(22)10-7-18-15(16)20-13(10)19-12-9-5-3-2-4-8(9)6-11(12)21/h2-5,7,11-12,21H,6H2,1H3,(H,17,22)(H,18,19,20)/t11-,12+/m1/s1. The maximum Gasteiger partial charge on any atom is 0.256 e. The lowest BCUT2D eigenvalue weighted by atomic mass is 10.1. The summed E-state index contributed by atoms with van der Waals surface area (Å²) in [6, 6.07) is 7.44. The van der Waals surface area contributed by atoms with Gasteiger partial charge in [-0.15, -0.1) is 0 Å². The fourth-order valence-corrected chi connectivity index (χ4v) is 2.80. The highest BCUT2D eigenvalue weighted by Crippen LogP contribution is 2.34. The van der Waals surface area contributed by atoms with Crippen LogP contribution in [0, 0.1) is 0 Å². The van der Waals surface area contributed by atoms with Gasteiger partial charge in [-0.2, -0.15) is 4.98 Å². The van der Waals surface area contributed by atoms with Crippen LogP contribution >= 0.6 is 11.6 Å². The van der Waals surface area contributed by atoms with Gasteiger partial charge in [0.1, 0.15) is 11.4 Å². The summed E-state index contributed by atoms with van der Waals surface area (Å²) in [7, 11) is 1.53. The van der Waals surface area contributed by atoms with Gasteiger partial charge < -0.3 is 15.7 Å². The molecule has 0 unspecified atom stereocenters. The second-order valence-electron chi connectivity index (χ2n) is 5.07. The second-order valence-corrected chi connectivity index (χ2v) is 5.41. The second kappa shape index (κ2) is 5.90. The largest absolute Gasteiger partial charge is 0.390 e. The fraction of sp³-hybridized carbons (Fsp3) is 0.267. The normalized spacial score (nSPS) is 19.6. The highest BCUT2D eigenvalue weighted by molar-refractivity contribution is 6.28. The van der Waals surface area contributed by atoms with E-state index in [4.69, 9.17) is 11.6 Å². The van der Waals surface area contributed by atoms with E-state index in [2.05, 4.69) is 20.6 Å². The van der Waals surface area contributed by atoms with E-state index < -0.39 is 6.10 Å². The molecule has 2 aromatic rings. The Morgan fingerprint density at radius 3 is 2.95 bits per heavy atom. The number of carbonyl (C=O) groups is 1. The van der Waals surface area contributed by atoms with Crippen LogP contribution in [0.5, 0.6) is 0 Å². The maximum atomic E-state index is 11.9. The first kappa shape index (κ1) is 14.7. The number of halogens is 1. The highest BCUT2D eigenvalue weighted by Gasteiger charge is 2.32. The lowest BCUT2D eigenvalue weighted by molar-refractivity contribution is 0.0962. The molecule has 1 aliphatic carbocycles. The van der Waals surface area contributed by atoms with Crippen molar-refractivity contribution in [1.82, 2.24) is 15.3 Å². The van der Waals surface area contributed by atoms with Crippen LogP contribution in [0.4, 0.5) is 5.82 Å². The molecule has 0 aliphatic heterocycles. The molecule has 0 bridgehead atoms. The molecule has 0 saturated heterocycles. The van der Waals surface area contributed by atoms with E-state index in [1.807, 2.05) is 24.3 Å². The van der Waals surface area contributed by atoms with Crippen LogP contribution in [0.15, 0.2) is 30.5 Å². The van der Waals surface area contributed by atoms with Gasteiger partial charge >= 0.3 is 0 Å². The molecule has 1 aliphatic rings. The molecule has 0 spiro atoms. The summed E-state index contributed by atoms with van der Waals surface area (Å²) in [5, 5.41) is 16.0. The molecule has 1 heterocycles. The minimum atomic E-state index is -0.594. The van der Waals surface area contributed by atoms with Gasteiger partial charge in [0.25, 0.3) is 5.91 Å². The highest BCUT2D eigenvalue weighted by atomic mass is 35.5. The van der Waals surface area contributed by atoms with Crippen LogP contribution in [-0.4, -0.2) is 34.1 Å². The number of nitrogens with one attached hydrogen (secondary N) is 2. The van der Waals surface area contributed by atoms with E-state index >= 15 is 0 Å². The van der Waals surface area contributed by atoms with Crippen LogP contribution in [0.25, 0.3) is 0 Å². The van der Waals surface area contributed by atoms with Crippen LogP contribution in [-0.2, 0) is 6.42 Å². The van der Waals surface area contributed by atoms with Crippen LogP contribution < -0.4 is 10.6 Å². The Labute approximate surface area is 132 Å². The number of aliphatic hydroxyl groups is 1. The number of anilines is 1. The Kier molecular flexibility index (Phi) is 3.96. The van der Waals surface area contributed by atoms with E-state index in [0.29, 0.717) is 12.2 Å². The number of hydrogen-bond acceptors (Lipinski definition) is 5. The molecule has 3 N–H and O–H groups in total. The molecule has 0 fully saturated rings. The number of amides is 1. The number of carbonyl (C=O) groups excluding carboxylic acids is 1. The third-order valence-electron chi connectivity index (χ3n) is 3.73. The average Bonchev–Trinajstić information content (AvgIpc) is 2.83. The summed E-state index contributed by atoms with van der Waals surface area (Å²) in [6.07, 6.45) is 1.33. The first-order chi connectivity index (χ1) is 10.6. The molecule has 3 rings (SSSR count). The van der Waals surface area contributed by atoms with Gasteiger partial charge in [-0.05, 0) is 22.7 Å². The number of rotatable bonds is 3. The molecule has 22 heavy (non-hydrogen) atoms. The van der Waals surface area contributed by atoms with Crippen LogP contribution in [0.1, 0.15) is 27.5 Å². The lowest BCUT2D eigenvalue weighted by Crippen LogP contribution is -2.25. The van der Waals surface area contributed by atoms with Gasteiger partial charge in [0, 0.05) is 19.7 Å². The van der Waals surface area contributed by atoms with Crippen molar-refractivity contribution < 1.29 is 9.90 Å². The number of fused-ring (bicyclic) bond motifs is 1. The summed E-state index contributed by atoms with van der Waals surface area (Å²) in [5.41, 5.74) is 2.35. The Morgan fingerprint density at radius 1 is 1.41 bits per heavy atom. The minimum absolute atomic E-state index is 0.0379. The molecule has 6 nitrogen and oxygen atoms in total. The van der Waals surface area contributed by atoms with Crippen molar-refractivity contribution in [3.05, 3.63) is 52.4 Å². The maximum absolute atomic E-state index is 11.9. The first-order valence-corrected chi connectivity index (χ1v) is 7.25. The Balaban J connectivity index is 1.96. The van der Waals surface area contributed by atoms with Crippen LogP contribution in [0.2, 0.25) is 5.28 Å². The van der Waals surface area contributed by atoms with E-state index in [-0.39, 0.29) is 22.8 Å². The van der Waals surface area contributed by atoms with Gasteiger partial charge in [0.15, 0.2) is 0 Å². The quantitative estimate of drug-likeness (QED) is 0.748. The Bertz CT molecular complexity index is 722. The molecule has 0 saturated carbocycles. The van der Waals surface area contributed by atoms with Crippen molar-refractivity contribution >= 4 is 23.3 Å². The lowest BCUT2D eigenvalue weighted by Gasteiger charge is -2.20. The van der Waals surface area contributed by atoms with E-state index in [0.717, 1.165) is 11.1 Å². The first-order valence-electron chi connectivity index (χ1n) is 6.87. The molecule has 2 atom stereocenters. The average molecular weight is 319 g/mol. The van der Waals surface area contributed by atoms with E-state index in [9.17, 15) is 9.90 Å². The predicted molar refractivity (Wildman–Crippen MR) is 82.9 cm³/mol. The third kappa shape index (κ3) is 2.63. The van der Waals surface area contributed by atoms with Crippen molar-refractivity contribution in [2.24, 2.45) is 0 Å². The van der Waals surface area contributed by atoms with Gasteiger partial charge in [-0.1, -0.05) is 24.3 Å². The zero-order valence-corrected chi connectivity index (χ0v) is 12.6. The SMILES string of the molecule is CNC(=O)c1cnc(Cl)nc1N[C@H]1c2ccccc2C[C@H]1O. The number of aliphatic hydroxyl groups excluding tert-OH is 1. The molecule has 1 aromatic carbocycles. The smallest absolute Gasteiger partial charge is 0.256 e. The fourth-order valence-electron chi connectivity index (χ4n) is 2.67. The molecule has 1 aromatic heterocycles. The summed E-state index contributed by atoms with van der Waals surface area (Å²) >= 11 is 5.83. The number of benzene rings is 1. The monoisotopic (exact) mass is 318 g/mol. The topological polar surface area (TPSA) is 87.1 Å². The molecular formula is C15H15ClN4O2. The number of nitrogens with zero attached hydrogens (tertiary/aromatic N) is 2. The Morgan fingerprint density at radius 2 is 2.18 bits per heavy atom. The minimum Gasteiger partial charge on any atom is -0.390 e. The molecular weight excluding hydrogens is 304 g/mol. The van der Waals surface area contributed by atoms with Crippen LogP contribution in [0.3, 0.4) is 0 Å². The Hall–Kier alpha value is -2.18. The molecule has 0 radical (unpaired) electrons. The molecule has 7 heteroatoms. The van der Waals surface area contributed by atoms with Crippen molar-refractivity contribution in [3.63, 3.8) is 0 Å². The van der Waals surface area contributed by atoms with Crippen molar-refractivity contribution in [2.45, 2.75) is 18.6 Å². The summed E-state index contributed by atoms with van der Waals surface area (Å²) in [6.45, 7) is 0. The van der Waals surface area contributed by atoms with Crippen molar-refractivity contribution in [1.29, 1.82) is 0 Å². The van der Waals surface area contributed by atoms with E-state index in [1.54, 1.807) is 0 Å². The van der Waals surface area contributed by atoms with Crippen molar-refractivity contribution in [3.8, 4) is 0 Å². The molecule has 1 amide bonds. The number of hydrogen-bond donors (Lipinski definition) is 3. The third-order valence-corrected chi connectivity index (χ3v) is 3.91. The zero-order chi connectivity index (χ0) is 15.7. The zero-order valence-electron chi connectivity index (χ0n) is 11.9. The predicted octanol–water partition coefficient (Wildman–Crippen LogP) is 1.56. The molecule has 114 valence electrons.